The number of nitrogens with zero attached hydrogens (tertiary/aromatic N) is 1. The Morgan fingerprint density at radius 3 is 2.42 bits per heavy atom. The maximum atomic E-state index is 12.3. The molecule has 0 saturated carbocycles. The van der Waals surface area contributed by atoms with Crippen LogP contribution in [0.4, 0.5) is 0 Å². The van der Waals surface area contributed by atoms with Gasteiger partial charge in [0.1, 0.15) is 0 Å². The molecule has 5 nitrogen and oxygen atoms in total. The molecule has 3 unspecified atom stereocenters. The van der Waals surface area contributed by atoms with Gasteiger partial charge in [0.15, 0.2) is 0 Å². The van der Waals surface area contributed by atoms with Gasteiger partial charge in [-0.05, 0) is 58.5 Å². The van der Waals surface area contributed by atoms with E-state index >= 15 is 0 Å². The third kappa shape index (κ3) is 4.41. The molecule has 2 aliphatic heterocycles. The van der Waals surface area contributed by atoms with Gasteiger partial charge in [-0.25, -0.2) is 13.4 Å². The number of piperidine rings is 2. The zero-order valence-electron chi connectivity index (χ0n) is 12.1. The molecular weight excluding hydrogens is 262 g/mol. The second kappa shape index (κ2) is 6.52. The summed E-state index contributed by atoms with van der Waals surface area (Å²) in [5, 5.41) is 5.21. The molecule has 0 aliphatic carbocycles. The van der Waals surface area contributed by atoms with Crippen molar-refractivity contribution in [1.29, 1.82) is 0 Å². The van der Waals surface area contributed by atoms with E-state index in [2.05, 4.69) is 24.0 Å². The molecule has 112 valence electrons. The number of hydrogen-bond acceptors (Lipinski definition) is 4. The Bertz CT molecular complexity index is 369. The third-order valence-electron chi connectivity index (χ3n) is 4.29. The lowest BCUT2D eigenvalue weighted by molar-refractivity contribution is 0.0788. The van der Waals surface area contributed by atoms with Crippen LogP contribution in [0, 0.1) is 5.92 Å². The predicted octanol–water partition coefficient (Wildman–Crippen LogP) is 1.08. The van der Waals surface area contributed by atoms with Crippen molar-refractivity contribution in [2.24, 2.45) is 5.92 Å². The Morgan fingerprint density at radius 1 is 1.16 bits per heavy atom. The number of nitrogens with one attached hydrogen (secondary N) is 2. The van der Waals surface area contributed by atoms with E-state index in [9.17, 15) is 8.42 Å². The molecule has 6 heteroatoms. The molecule has 2 fully saturated rings. The summed E-state index contributed by atoms with van der Waals surface area (Å²) in [6.07, 6.45) is 5.42. The first kappa shape index (κ1) is 15.2. The highest BCUT2D eigenvalue weighted by Crippen LogP contribution is 2.21. The summed E-state index contributed by atoms with van der Waals surface area (Å²) in [5.74, 6) is 0.498. The smallest absolute Gasteiger partial charge is 0.224 e. The average molecular weight is 289 g/mol. The fourth-order valence-corrected chi connectivity index (χ4v) is 4.84. The minimum Gasteiger partial charge on any atom is -0.316 e. The minimum absolute atomic E-state index is 0.246. The summed E-state index contributed by atoms with van der Waals surface area (Å²) in [4.78, 5) is 2.82. The number of sulfonamides is 1. The van der Waals surface area contributed by atoms with E-state index < -0.39 is 10.0 Å². The minimum atomic E-state index is -3.21. The van der Waals surface area contributed by atoms with Crippen LogP contribution in [0.3, 0.4) is 0 Å². The van der Waals surface area contributed by atoms with E-state index in [0.29, 0.717) is 12.1 Å². The predicted molar refractivity (Wildman–Crippen MR) is 77.1 cm³/mol. The van der Waals surface area contributed by atoms with Gasteiger partial charge in [-0.3, -0.25) is 0 Å². The van der Waals surface area contributed by atoms with Gasteiger partial charge >= 0.3 is 0 Å². The topological polar surface area (TPSA) is 61.4 Å². The molecule has 2 N–H and O–H groups in total. The van der Waals surface area contributed by atoms with Crippen molar-refractivity contribution in [3.63, 3.8) is 0 Å². The fourth-order valence-electron chi connectivity index (χ4n) is 3.18. The van der Waals surface area contributed by atoms with Crippen LogP contribution in [0.15, 0.2) is 0 Å². The Labute approximate surface area is 117 Å². The van der Waals surface area contributed by atoms with E-state index in [4.69, 9.17) is 0 Å². The molecule has 0 aromatic heterocycles. The van der Waals surface area contributed by atoms with Crippen molar-refractivity contribution in [3.05, 3.63) is 0 Å². The van der Waals surface area contributed by atoms with Crippen LogP contribution >= 0.6 is 0 Å². The molecule has 0 aromatic rings. The molecule has 0 bridgehead atoms. The Morgan fingerprint density at radius 2 is 1.84 bits per heavy atom. The maximum absolute atomic E-state index is 12.3. The summed E-state index contributed by atoms with van der Waals surface area (Å²) < 4.78 is 24.6. The van der Waals surface area contributed by atoms with Crippen molar-refractivity contribution < 1.29 is 8.42 Å². The molecule has 3 atom stereocenters. The monoisotopic (exact) mass is 289 g/mol. The van der Waals surface area contributed by atoms with Crippen molar-refractivity contribution in [2.75, 3.05) is 18.8 Å². The van der Waals surface area contributed by atoms with Gasteiger partial charge in [0, 0.05) is 12.1 Å². The average Bonchev–Trinajstić information content (AvgIpc) is 2.35. The summed E-state index contributed by atoms with van der Waals surface area (Å²) >= 11 is 0. The van der Waals surface area contributed by atoms with Crippen LogP contribution < -0.4 is 10.1 Å². The van der Waals surface area contributed by atoms with Crippen LogP contribution in [0.1, 0.15) is 46.0 Å². The van der Waals surface area contributed by atoms with Crippen molar-refractivity contribution in [3.8, 4) is 0 Å². The van der Waals surface area contributed by atoms with Crippen LogP contribution in [0.25, 0.3) is 0 Å². The van der Waals surface area contributed by atoms with Gasteiger partial charge in [-0.2, -0.15) is 0 Å². The fraction of sp³-hybridized carbons (Fsp3) is 1.00. The van der Waals surface area contributed by atoms with Gasteiger partial charge in [0.05, 0.1) is 5.75 Å². The highest BCUT2D eigenvalue weighted by atomic mass is 32.2. The zero-order chi connectivity index (χ0) is 13.9. The highest BCUT2D eigenvalue weighted by molar-refractivity contribution is 7.89. The normalized spacial score (nSPS) is 34.3. The molecule has 2 aliphatic rings. The van der Waals surface area contributed by atoms with Gasteiger partial charge in [0.2, 0.25) is 10.0 Å². The summed E-state index contributed by atoms with van der Waals surface area (Å²) in [7, 11) is -3.21. The Hall–Kier alpha value is -0.170. The van der Waals surface area contributed by atoms with E-state index in [0.717, 1.165) is 38.8 Å². The van der Waals surface area contributed by atoms with E-state index in [-0.39, 0.29) is 11.7 Å². The first-order valence-electron chi connectivity index (χ1n) is 7.47. The Balaban J connectivity index is 1.91. The molecular formula is C13H27N3O2S. The van der Waals surface area contributed by atoms with Gasteiger partial charge in [-0.1, -0.05) is 6.42 Å². The maximum Gasteiger partial charge on any atom is 0.224 e. The molecule has 2 saturated heterocycles. The molecule has 19 heavy (non-hydrogen) atoms. The van der Waals surface area contributed by atoms with Gasteiger partial charge in [0.25, 0.3) is 0 Å². The first-order valence-corrected chi connectivity index (χ1v) is 9.12. The number of hydrogen-bond donors (Lipinski definition) is 2. The van der Waals surface area contributed by atoms with Crippen LogP contribution in [0.5, 0.6) is 0 Å². The van der Waals surface area contributed by atoms with Gasteiger partial charge < -0.3 is 5.32 Å². The molecule has 0 amide bonds. The lowest BCUT2D eigenvalue weighted by Crippen LogP contribution is -2.55. The largest absolute Gasteiger partial charge is 0.316 e. The van der Waals surface area contributed by atoms with Crippen molar-refractivity contribution in [2.45, 2.75) is 58.0 Å². The lowest BCUT2D eigenvalue weighted by atomic mass is 10.0. The van der Waals surface area contributed by atoms with Crippen LogP contribution in [-0.2, 0) is 10.0 Å². The van der Waals surface area contributed by atoms with Crippen molar-refractivity contribution >= 4 is 10.0 Å². The summed E-state index contributed by atoms with van der Waals surface area (Å²) in [5.41, 5.74) is 0. The van der Waals surface area contributed by atoms with E-state index in [1.165, 1.54) is 6.42 Å². The molecule has 2 heterocycles. The van der Waals surface area contributed by atoms with Crippen molar-refractivity contribution in [1.82, 2.24) is 15.2 Å². The van der Waals surface area contributed by atoms with Crippen LogP contribution in [0.2, 0.25) is 0 Å². The second-order valence-electron chi connectivity index (χ2n) is 6.12. The van der Waals surface area contributed by atoms with E-state index in [1.54, 1.807) is 0 Å². The molecule has 0 radical (unpaired) electrons. The number of hydrazine groups is 1. The lowest BCUT2D eigenvalue weighted by Gasteiger charge is -2.38. The zero-order valence-corrected chi connectivity index (χ0v) is 12.9. The van der Waals surface area contributed by atoms with E-state index in [1.807, 2.05) is 5.01 Å². The quantitative estimate of drug-likeness (QED) is 0.813. The molecule has 0 aromatic carbocycles. The SMILES string of the molecule is CC1CCCC(C)N1NS(=O)(=O)CC1CCCNC1. The molecule has 0 spiro atoms. The standard InChI is InChI=1S/C13H27N3O2S/c1-11-5-3-6-12(2)16(11)15-19(17,18)10-13-7-4-8-14-9-13/h11-15H,3-10H2,1-2H3. The summed E-state index contributed by atoms with van der Waals surface area (Å²) in [6, 6.07) is 0.589. The first-order chi connectivity index (χ1) is 8.98. The van der Waals surface area contributed by atoms with Crippen LogP contribution in [-0.4, -0.2) is 44.4 Å². The summed E-state index contributed by atoms with van der Waals surface area (Å²) in [6.45, 7) is 6.04. The second-order valence-corrected chi connectivity index (χ2v) is 7.87. The third-order valence-corrected chi connectivity index (χ3v) is 5.69. The highest BCUT2D eigenvalue weighted by Gasteiger charge is 2.29. The number of rotatable bonds is 4. The Kier molecular flexibility index (Phi) is 5.22. The van der Waals surface area contributed by atoms with Gasteiger partial charge in [-0.15, -0.1) is 4.83 Å². The molecule has 2 rings (SSSR count).